The van der Waals surface area contributed by atoms with E-state index in [1.54, 1.807) is 0 Å². The maximum absolute atomic E-state index is 13.2. The van der Waals surface area contributed by atoms with Crippen LogP contribution in [0.25, 0.3) is 0 Å². The number of Topliss-reactive ketones (excluding diaryl/α,β-unsaturated/α-hetero) is 1. The topological polar surface area (TPSA) is 118 Å². The van der Waals surface area contributed by atoms with E-state index in [0.717, 1.165) is 6.07 Å². The predicted molar refractivity (Wildman–Crippen MR) is 115 cm³/mol. The van der Waals surface area contributed by atoms with Gasteiger partial charge in [-0.1, -0.05) is 11.2 Å². The first-order valence-corrected chi connectivity index (χ1v) is 10.7. The number of carbonyl (C=O) groups is 2. The minimum atomic E-state index is -4.72. The number of thiophene rings is 1. The van der Waals surface area contributed by atoms with Gasteiger partial charge in [0, 0.05) is 19.4 Å². The quantitative estimate of drug-likeness (QED) is 0.537. The number of carbonyl (C=O) groups excluding carboxylic acids is 2. The molecule has 30 heavy (non-hydrogen) atoms. The highest BCUT2D eigenvalue weighted by atomic mass is 32.2. The number of anilines is 2. The van der Waals surface area contributed by atoms with E-state index in [4.69, 9.17) is 15.5 Å². The number of aromatic nitrogens is 1. The number of hydrogen-bond donors (Lipinski definition) is 2. The highest BCUT2D eigenvalue weighted by Crippen LogP contribution is 2.29. The Morgan fingerprint density at radius 1 is 1.27 bits per heavy atom. The Morgan fingerprint density at radius 2 is 2.03 bits per heavy atom. The van der Waals surface area contributed by atoms with Crippen LogP contribution in [0.1, 0.15) is 60.3 Å². The Morgan fingerprint density at radius 3 is 2.70 bits per heavy atom. The van der Waals surface area contributed by atoms with Gasteiger partial charge in [-0.05, 0) is 63.1 Å². The normalized spacial score (nSPS) is 16.1. The van der Waals surface area contributed by atoms with E-state index in [0.29, 0.717) is 11.3 Å². The first-order chi connectivity index (χ1) is 17.3. The Bertz CT molecular complexity index is 1560. The molecule has 2 heterocycles. The third kappa shape index (κ3) is 4.14. The number of ketones is 1. The number of benzene rings is 1. The second-order valence-corrected chi connectivity index (χ2v) is 8.78. The van der Waals surface area contributed by atoms with Crippen LogP contribution in [0.15, 0.2) is 32.9 Å². The van der Waals surface area contributed by atoms with Crippen molar-refractivity contribution < 1.29 is 33.5 Å². The fraction of sp³-hybridized carbons (Fsp3) is 0.250. The smallest absolute Gasteiger partial charge is 0.267 e. The van der Waals surface area contributed by atoms with Gasteiger partial charge in [0.2, 0.25) is 5.88 Å². The van der Waals surface area contributed by atoms with E-state index in [-0.39, 0.29) is 39.3 Å². The molecule has 0 aliphatic rings. The monoisotopic (exact) mass is 455 g/mol. The molecule has 3 rings (SSSR count). The van der Waals surface area contributed by atoms with Crippen LogP contribution in [0.4, 0.5) is 11.6 Å². The summed E-state index contributed by atoms with van der Waals surface area (Å²) in [4.78, 5) is 24.4. The molecule has 1 aromatic carbocycles. The molecule has 8 nitrogen and oxygen atoms in total. The van der Waals surface area contributed by atoms with Crippen molar-refractivity contribution in [3.8, 4) is 0 Å². The van der Waals surface area contributed by atoms with Gasteiger partial charge in [-0.3, -0.25) is 9.59 Å². The van der Waals surface area contributed by atoms with Crippen molar-refractivity contribution in [1.82, 2.24) is 5.16 Å². The summed E-state index contributed by atoms with van der Waals surface area (Å²) in [5.74, 6) is -2.48. The summed E-state index contributed by atoms with van der Waals surface area (Å²) in [5.41, 5.74) is -1.74. The molecule has 1 amide bonds. The van der Waals surface area contributed by atoms with E-state index in [2.05, 4.69) is 10.5 Å². The Balaban J connectivity index is 2.05. The molecular weight excluding hydrogens is 426 g/mol. The zero-order valence-electron chi connectivity index (χ0n) is 24.0. The molecule has 3 aromatic rings. The van der Waals surface area contributed by atoms with Gasteiger partial charge in [0.1, 0.15) is 9.77 Å². The molecule has 0 saturated heterocycles. The number of hydrogen-bond acceptors (Lipinski definition) is 7. The van der Waals surface area contributed by atoms with Crippen LogP contribution in [0.2, 0.25) is 0 Å². The Labute approximate surface area is 189 Å². The SMILES string of the molecule is [2H]c1c(C)c([2H])c(C(C)=O)c(NC(=O)c2sccc2S(=O)(=O)Nc2onc(C([2H])([2H])[2H])c2C([2H])([2H])[2H])c1C. The fourth-order valence-electron chi connectivity index (χ4n) is 2.61. The number of nitrogens with zero attached hydrogens (tertiary/aromatic N) is 1. The lowest BCUT2D eigenvalue weighted by atomic mass is 10.0. The van der Waals surface area contributed by atoms with E-state index in [9.17, 15) is 18.0 Å². The lowest BCUT2D eigenvalue weighted by Crippen LogP contribution is -2.20. The maximum Gasteiger partial charge on any atom is 0.267 e. The summed E-state index contributed by atoms with van der Waals surface area (Å²) < 4.78 is 94.6. The maximum atomic E-state index is 13.2. The van der Waals surface area contributed by atoms with Crippen LogP contribution < -0.4 is 10.0 Å². The molecule has 0 atom stereocenters. The number of sulfonamides is 1. The first kappa shape index (κ1) is 13.3. The van der Waals surface area contributed by atoms with Gasteiger partial charge in [0.25, 0.3) is 15.9 Å². The summed E-state index contributed by atoms with van der Waals surface area (Å²) in [6, 6.07) is 0.720. The van der Waals surface area contributed by atoms with Gasteiger partial charge < -0.3 is 9.84 Å². The molecule has 0 saturated carbocycles. The van der Waals surface area contributed by atoms with Gasteiger partial charge >= 0.3 is 0 Å². The molecule has 0 unspecified atom stereocenters. The average Bonchev–Trinajstić information content (AvgIpc) is 3.43. The molecule has 158 valence electrons. The summed E-state index contributed by atoms with van der Waals surface area (Å²) >= 11 is 0.708. The minimum Gasteiger partial charge on any atom is -0.337 e. The van der Waals surface area contributed by atoms with Crippen LogP contribution in [0.3, 0.4) is 0 Å². The zero-order chi connectivity index (χ0) is 29.0. The number of nitrogens with one attached hydrogen (secondary N) is 2. The van der Waals surface area contributed by atoms with Gasteiger partial charge in [-0.15, -0.1) is 11.3 Å². The second kappa shape index (κ2) is 8.04. The van der Waals surface area contributed by atoms with E-state index < -0.39 is 57.5 Å². The highest BCUT2D eigenvalue weighted by molar-refractivity contribution is 7.93. The summed E-state index contributed by atoms with van der Waals surface area (Å²) in [5, 5.41) is 6.92. The third-order valence-corrected chi connectivity index (χ3v) is 6.36. The highest BCUT2D eigenvalue weighted by Gasteiger charge is 2.27. The van der Waals surface area contributed by atoms with Gasteiger partial charge in [-0.25, -0.2) is 13.1 Å². The molecule has 0 fully saturated rings. The molecule has 0 spiro atoms. The minimum absolute atomic E-state index is 0.0800. The van der Waals surface area contributed by atoms with Gasteiger partial charge in [0.05, 0.1) is 14.1 Å². The van der Waals surface area contributed by atoms with Crippen molar-refractivity contribution in [1.29, 1.82) is 0 Å². The lowest BCUT2D eigenvalue weighted by Gasteiger charge is -2.14. The van der Waals surface area contributed by atoms with Crippen molar-refractivity contribution in [2.24, 2.45) is 0 Å². The molecule has 10 heteroatoms. The van der Waals surface area contributed by atoms with Crippen LogP contribution in [-0.4, -0.2) is 25.3 Å². The molecule has 0 aliphatic heterocycles. The predicted octanol–water partition coefficient (Wildman–Crippen LogP) is 4.23. The first-order valence-electron chi connectivity index (χ1n) is 12.3. The molecule has 0 radical (unpaired) electrons. The number of rotatable bonds is 6. The Kier molecular flexibility index (Phi) is 3.58. The lowest BCUT2D eigenvalue weighted by molar-refractivity contribution is 0.101. The largest absolute Gasteiger partial charge is 0.337 e. The third-order valence-electron chi connectivity index (χ3n) is 3.95. The van der Waals surface area contributed by atoms with Crippen molar-refractivity contribution in [3.63, 3.8) is 0 Å². The van der Waals surface area contributed by atoms with Crippen LogP contribution >= 0.6 is 11.3 Å². The van der Waals surface area contributed by atoms with Crippen LogP contribution in [0, 0.1) is 27.6 Å². The summed E-state index contributed by atoms with van der Waals surface area (Å²) in [7, 11) is -4.72. The van der Waals surface area contributed by atoms with Crippen LogP contribution in [0.5, 0.6) is 0 Å². The summed E-state index contributed by atoms with van der Waals surface area (Å²) in [6.45, 7) is -1.99. The van der Waals surface area contributed by atoms with Crippen molar-refractivity contribution in [3.05, 3.63) is 56.4 Å². The standard InChI is InChI=1S/C20H21N3O5S2/c1-10-8-11(2)17(15(9-10)14(5)24)21-19(25)18-16(6-7-29-18)30(26,27)23-20-12(3)13(4)22-28-20/h6-9,23H,1-5H3,(H,21,25)/i3D3,4D3,8D,9D. The average molecular weight is 456 g/mol. The van der Waals surface area contributed by atoms with E-state index >= 15 is 0 Å². The fourth-order valence-corrected chi connectivity index (χ4v) is 4.93. The van der Waals surface area contributed by atoms with Gasteiger partial charge in [-0.2, -0.15) is 0 Å². The number of aryl methyl sites for hydroxylation is 1. The van der Waals surface area contributed by atoms with E-state index in [1.165, 1.54) is 26.2 Å². The molecule has 0 bridgehead atoms. The zero-order valence-corrected chi connectivity index (χ0v) is 17.6. The molecule has 0 aliphatic carbocycles. The van der Waals surface area contributed by atoms with Crippen molar-refractivity contribution >= 4 is 44.6 Å². The molecular formula is C20H21N3O5S2. The number of amides is 1. The van der Waals surface area contributed by atoms with Crippen molar-refractivity contribution in [2.75, 3.05) is 10.0 Å². The molecule has 2 aromatic heterocycles. The summed E-state index contributed by atoms with van der Waals surface area (Å²) in [6.07, 6.45) is 0. The van der Waals surface area contributed by atoms with Crippen molar-refractivity contribution in [2.45, 2.75) is 39.4 Å². The van der Waals surface area contributed by atoms with Crippen LogP contribution in [-0.2, 0) is 10.0 Å². The van der Waals surface area contributed by atoms with E-state index in [1.807, 2.05) is 4.72 Å². The second-order valence-electron chi connectivity index (χ2n) is 6.22. The Hall–Kier alpha value is -2.98. The van der Waals surface area contributed by atoms with Gasteiger partial charge in [0.15, 0.2) is 5.78 Å². The molecule has 2 N–H and O–H groups in total.